The molecule has 0 bridgehead atoms. The van der Waals surface area contributed by atoms with Gasteiger partial charge in [0, 0.05) is 19.2 Å². The zero-order chi connectivity index (χ0) is 24.0. The summed E-state index contributed by atoms with van der Waals surface area (Å²) in [7, 11) is 3.10. The van der Waals surface area contributed by atoms with Gasteiger partial charge in [0.05, 0.1) is 31.9 Å². The molecule has 7 nitrogen and oxygen atoms in total. The molecule has 0 radical (unpaired) electrons. The van der Waals surface area contributed by atoms with E-state index in [4.69, 9.17) is 14.2 Å². The van der Waals surface area contributed by atoms with E-state index in [1.807, 2.05) is 31.2 Å². The second-order valence-corrected chi connectivity index (χ2v) is 7.94. The number of hydrogen-bond acceptors (Lipinski definition) is 6. The number of aryl methyl sites for hydroxylation is 1. The molecule has 2 aromatic rings. The van der Waals surface area contributed by atoms with E-state index < -0.39 is 17.7 Å². The first-order valence-electron chi connectivity index (χ1n) is 11.1. The van der Waals surface area contributed by atoms with Gasteiger partial charge in [-0.1, -0.05) is 25.5 Å². The number of carbonyl (C=O) groups excluding carboxylic acids is 2. The topological polar surface area (TPSA) is 85.3 Å². The van der Waals surface area contributed by atoms with Crippen LogP contribution < -0.4 is 9.47 Å². The smallest absolute Gasteiger partial charge is 0.295 e. The number of amides is 1. The van der Waals surface area contributed by atoms with Crippen molar-refractivity contribution in [3.05, 3.63) is 64.7 Å². The highest BCUT2D eigenvalue weighted by Crippen LogP contribution is 2.40. The predicted octanol–water partition coefficient (Wildman–Crippen LogP) is 4.25. The lowest BCUT2D eigenvalue weighted by molar-refractivity contribution is -0.140. The standard InChI is InChI=1S/C26H31NO6/c1-5-6-14-33-19-9-7-18(8-10-19)23-22(25(29)26(30)27(23)13-15-31-3)24(28)21-12-11-20(32-4)16-17(21)2/h7-12,16,23,28H,5-6,13-15H2,1-4H3/b24-22-. The first-order valence-corrected chi connectivity index (χ1v) is 11.1. The number of methoxy groups -OCH3 is 2. The number of aliphatic hydroxyl groups excluding tert-OH is 1. The number of unbranched alkanes of at least 4 members (excludes halogenated alkanes) is 1. The minimum atomic E-state index is -0.730. The Morgan fingerprint density at radius 2 is 1.73 bits per heavy atom. The van der Waals surface area contributed by atoms with Gasteiger partial charge in [-0.15, -0.1) is 0 Å². The fraction of sp³-hybridized carbons (Fsp3) is 0.385. The second-order valence-electron chi connectivity index (χ2n) is 7.94. The number of rotatable bonds is 10. The van der Waals surface area contributed by atoms with Crippen LogP contribution in [0, 0.1) is 6.92 Å². The molecular weight excluding hydrogens is 422 g/mol. The monoisotopic (exact) mass is 453 g/mol. The molecule has 1 heterocycles. The van der Waals surface area contributed by atoms with Crippen molar-refractivity contribution in [2.45, 2.75) is 32.7 Å². The van der Waals surface area contributed by atoms with E-state index in [2.05, 4.69) is 6.92 Å². The number of benzene rings is 2. The van der Waals surface area contributed by atoms with Crippen LogP contribution in [0.4, 0.5) is 0 Å². The predicted molar refractivity (Wildman–Crippen MR) is 125 cm³/mol. The van der Waals surface area contributed by atoms with E-state index in [9.17, 15) is 14.7 Å². The van der Waals surface area contributed by atoms with Gasteiger partial charge in [-0.3, -0.25) is 9.59 Å². The van der Waals surface area contributed by atoms with Crippen molar-refractivity contribution in [2.75, 3.05) is 34.0 Å². The molecule has 176 valence electrons. The van der Waals surface area contributed by atoms with Crippen molar-refractivity contribution in [1.29, 1.82) is 0 Å². The molecule has 1 fully saturated rings. The molecule has 33 heavy (non-hydrogen) atoms. The largest absolute Gasteiger partial charge is 0.507 e. The second kappa shape index (κ2) is 11.0. The summed E-state index contributed by atoms with van der Waals surface area (Å²) in [5, 5.41) is 11.2. The first-order chi connectivity index (χ1) is 15.9. The fourth-order valence-corrected chi connectivity index (χ4v) is 3.90. The van der Waals surface area contributed by atoms with Crippen LogP contribution >= 0.6 is 0 Å². The van der Waals surface area contributed by atoms with Gasteiger partial charge in [-0.2, -0.15) is 0 Å². The third-order valence-electron chi connectivity index (χ3n) is 5.73. The number of ketones is 1. The SMILES string of the molecule is CCCCOc1ccc(C2/C(=C(/O)c3ccc(OC)cc3C)C(=O)C(=O)N2CCOC)cc1. The van der Waals surface area contributed by atoms with Gasteiger partial charge in [-0.25, -0.2) is 0 Å². The van der Waals surface area contributed by atoms with Crippen molar-refractivity contribution in [3.63, 3.8) is 0 Å². The normalized spacial score (nSPS) is 17.5. The Bertz CT molecular complexity index is 1030. The Balaban J connectivity index is 2.06. The lowest BCUT2D eigenvalue weighted by Crippen LogP contribution is -2.32. The minimum absolute atomic E-state index is 0.0593. The van der Waals surface area contributed by atoms with Gasteiger partial charge in [-0.05, 0) is 54.8 Å². The van der Waals surface area contributed by atoms with Crippen LogP contribution in [-0.4, -0.2) is 55.7 Å². The van der Waals surface area contributed by atoms with E-state index in [0.717, 1.165) is 18.4 Å². The number of nitrogens with zero attached hydrogens (tertiary/aromatic N) is 1. The molecule has 1 atom stereocenters. The Morgan fingerprint density at radius 3 is 2.33 bits per heavy atom. The molecule has 3 rings (SSSR count). The lowest BCUT2D eigenvalue weighted by atomic mass is 9.94. The van der Waals surface area contributed by atoms with Crippen LogP contribution in [-0.2, 0) is 14.3 Å². The molecule has 1 unspecified atom stereocenters. The van der Waals surface area contributed by atoms with Gasteiger partial charge in [0.1, 0.15) is 17.3 Å². The van der Waals surface area contributed by atoms with Crippen LogP contribution in [0.2, 0.25) is 0 Å². The quantitative estimate of drug-likeness (QED) is 0.251. The summed E-state index contributed by atoms with van der Waals surface area (Å²) in [5.41, 5.74) is 1.98. The summed E-state index contributed by atoms with van der Waals surface area (Å²) in [5.74, 6) is -0.228. The number of ether oxygens (including phenoxy) is 3. The molecule has 1 aliphatic rings. The first kappa shape index (κ1) is 24.3. The van der Waals surface area contributed by atoms with E-state index in [1.54, 1.807) is 25.3 Å². The van der Waals surface area contributed by atoms with Crippen LogP contribution in [0.1, 0.15) is 42.5 Å². The Morgan fingerprint density at radius 1 is 1.03 bits per heavy atom. The van der Waals surface area contributed by atoms with Crippen molar-refractivity contribution in [2.24, 2.45) is 0 Å². The van der Waals surface area contributed by atoms with Crippen molar-refractivity contribution >= 4 is 17.4 Å². The van der Waals surface area contributed by atoms with E-state index in [1.165, 1.54) is 12.0 Å². The summed E-state index contributed by atoms with van der Waals surface area (Å²) in [6.07, 6.45) is 2.00. The molecule has 1 amide bonds. The molecule has 7 heteroatoms. The number of Topliss-reactive ketones (excluding diaryl/α,β-unsaturated/α-hetero) is 1. The van der Waals surface area contributed by atoms with Gasteiger partial charge < -0.3 is 24.2 Å². The van der Waals surface area contributed by atoms with Crippen molar-refractivity contribution < 1.29 is 28.9 Å². The minimum Gasteiger partial charge on any atom is -0.507 e. The molecule has 0 saturated carbocycles. The molecule has 0 aromatic heterocycles. The molecular formula is C26H31NO6. The summed E-state index contributed by atoms with van der Waals surface area (Å²) >= 11 is 0. The molecule has 0 aliphatic carbocycles. The third-order valence-corrected chi connectivity index (χ3v) is 5.73. The van der Waals surface area contributed by atoms with Crippen LogP contribution in [0.15, 0.2) is 48.0 Å². The zero-order valence-electron chi connectivity index (χ0n) is 19.6. The van der Waals surface area contributed by atoms with Gasteiger partial charge in [0.25, 0.3) is 11.7 Å². The number of hydrogen-bond donors (Lipinski definition) is 1. The van der Waals surface area contributed by atoms with Gasteiger partial charge in [0.15, 0.2) is 0 Å². The summed E-state index contributed by atoms with van der Waals surface area (Å²) < 4.78 is 16.1. The number of carbonyl (C=O) groups is 2. The molecule has 1 aliphatic heterocycles. The fourth-order valence-electron chi connectivity index (χ4n) is 3.90. The Kier molecular flexibility index (Phi) is 8.11. The van der Waals surface area contributed by atoms with E-state index >= 15 is 0 Å². The third kappa shape index (κ3) is 5.20. The number of aliphatic hydroxyl groups is 1. The average molecular weight is 454 g/mol. The van der Waals surface area contributed by atoms with E-state index in [-0.39, 0.29) is 24.5 Å². The highest BCUT2D eigenvalue weighted by Gasteiger charge is 2.46. The maximum Gasteiger partial charge on any atom is 0.295 e. The average Bonchev–Trinajstić information content (AvgIpc) is 3.07. The summed E-state index contributed by atoms with van der Waals surface area (Å²) in [6.45, 7) is 5.02. The zero-order valence-corrected chi connectivity index (χ0v) is 19.6. The highest BCUT2D eigenvalue weighted by molar-refractivity contribution is 6.46. The maximum absolute atomic E-state index is 13.1. The highest BCUT2D eigenvalue weighted by atomic mass is 16.5. The number of likely N-dealkylation sites (tertiary alicyclic amines) is 1. The van der Waals surface area contributed by atoms with Gasteiger partial charge in [0.2, 0.25) is 0 Å². The van der Waals surface area contributed by atoms with Gasteiger partial charge >= 0.3 is 0 Å². The lowest BCUT2D eigenvalue weighted by Gasteiger charge is -2.25. The summed E-state index contributed by atoms with van der Waals surface area (Å²) in [4.78, 5) is 27.4. The van der Waals surface area contributed by atoms with Crippen LogP contribution in [0.3, 0.4) is 0 Å². The molecule has 1 N–H and O–H groups in total. The summed E-state index contributed by atoms with van der Waals surface area (Å²) in [6, 6.07) is 11.7. The molecule has 1 saturated heterocycles. The van der Waals surface area contributed by atoms with Crippen LogP contribution in [0.5, 0.6) is 11.5 Å². The maximum atomic E-state index is 13.1. The molecule has 0 spiro atoms. The van der Waals surface area contributed by atoms with Crippen LogP contribution in [0.25, 0.3) is 5.76 Å². The van der Waals surface area contributed by atoms with E-state index in [0.29, 0.717) is 29.2 Å². The Hall–Kier alpha value is -3.32. The Labute approximate surface area is 194 Å². The van der Waals surface area contributed by atoms with Crippen molar-refractivity contribution in [1.82, 2.24) is 4.90 Å². The van der Waals surface area contributed by atoms with Crippen molar-refractivity contribution in [3.8, 4) is 11.5 Å². The molecule has 2 aromatic carbocycles.